The van der Waals surface area contributed by atoms with E-state index in [0.717, 1.165) is 12.8 Å². The number of hydrogen-bond donors (Lipinski definition) is 1. The zero-order valence-corrected chi connectivity index (χ0v) is 9.76. The summed E-state index contributed by atoms with van der Waals surface area (Å²) in [4.78, 5) is 10.9. The van der Waals surface area contributed by atoms with Crippen molar-refractivity contribution in [3.63, 3.8) is 0 Å². The number of nitrogens with zero attached hydrogens (tertiary/aromatic N) is 1. The zero-order chi connectivity index (χ0) is 11.7. The Morgan fingerprint density at radius 2 is 2.13 bits per heavy atom. The second-order valence-electron chi connectivity index (χ2n) is 4.64. The monoisotopic (exact) mass is 229 g/mol. The average molecular weight is 229 g/mol. The maximum atomic E-state index is 11.9. The molecule has 0 aliphatic heterocycles. The molecular formula is C10H15NO3S. The van der Waals surface area contributed by atoms with Crippen molar-refractivity contribution in [3.8, 4) is 6.07 Å². The van der Waals surface area contributed by atoms with Gasteiger partial charge in [0.2, 0.25) is 0 Å². The van der Waals surface area contributed by atoms with Gasteiger partial charge in [-0.05, 0) is 32.1 Å². The molecule has 0 radical (unpaired) electrons. The van der Waals surface area contributed by atoms with Gasteiger partial charge in [-0.3, -0.25) is 9.00 Å². The molecule has 1 unspecified atom stereocenters. The SMILES string of the molecule is CC(C)(C(=O)O)S(=O)CC1(CC#N)CC1. The number of carbonyl (C=O) groups is 1. The molecule has 0 aromatic heterocycles. The Hall–Kier alpha value is -0.890. The minimum atomic E-state index is -1.42. The molecule has 0 bridgehead atoms. The molecular weight excluding hydrogens is 214 g/mol. The molecule has 4 nitrogen and oxygen atoms in total. The van der Waals surface area contributed by atoms with Crippen LogP contribution in [0.3, 0.4) is 0 Å². The Balaban J connectivity index is 2.65. The van der Waals surface area contributed by atoms with E-state index in [1.165, 1.54) is 13.8 Å². The number of aliphatic carboxylic acids is 1. The summed E-state index contributed by atoms with van der Waals surface area (Å²) >= 11 is 0. The molecule has 0 amide bonds. The molecule has 15 heavy (non-hydrogen) atoms. The first kappa shape index (κ1) is 12.2. The van der Waals surface area contributed by atoms with Crippen LogP contribution in [0.5, 0.6) is 0 Å². The first-order valence-corrected chi connectivity index (χ1v) is 6.15. The molecule has 0 aromatic carbocycles. The van der Waals surface area contributed by atoms with E-state index in [1.807, 2.05) is 0 Å². The van der Waals surface area contributed by atoms with E-state index in [4.69, 9.17) is 10.4 Å². The van der Waals surface area contributed by atoms with Gasteiger partial charge in [0.1, 0.15) is 4.75 Å². The van der Waals surface area contributed by atoms with E-state index >= 15 is 0 Å². The Bertz CT molecular complexity index is 339. The van der Waals surface area contributed by atoms with Crippen LogP contribution < -0.4 is 0 Å². The number of carboxylic acids is 1. The minimum Gasteiger partial charge on any atom is -0.480 e. The Morgan fingerprint density at radius 1 is 1.60 bits per heavy atom. The smallest absolute Gasteiger partial charge is 0.321 e. The molecule has 5 heteroatoms. The van der Waals surface area contributed by atoms with Gasteiger partial charge in [0.05, 0.1) is 6.07 Å². The lowest BCUT2D eigenvalue weighted by atomic mass is 10.1. The Kier molecular flexibility index (Phi) is 3.19. The van der Waals surface area contributed by atoms with Crippen LogP contribution in [-0.2, 0) is 15.6 Å². The van der Waals surface area contributed by atoms with E-state index in [9.17, 15) is 9.00 Å². The number of hydrogen-bond acceptors (Lipinski definition) is 3. The summed E-state index contributed by atoms with van der Waals surface area (Å²) in [7, 11) is -1.42. The van der Waals surface area contributed by atoms with Crippen LogP contribution in [0.15, 0.2) is 0 Å². The second kappa shape index (κ2) is 3.93. The average Bonchev–Trinajstić information content (AvgIpc) is 2.85. The van der Waals surface area contributed by atoms with E-state index in [-0.39, 0.29) is 5.41 Å². The Labute approximate surface area is 91.7 Å². The van der Waals surface area contributed by atoms with Crippen molar-refractivity contribution < 1.29 is 14.1 Å². The third-order valence-corrected chi connectivity index (χ3v) is 5.12. The van der Waals surface area contributed by atoms with Crippen LogP contribution in [0.2, 0.25) is 0 Å². The molecule has 0 aromatic rings. The van der Waals surface area contributed by atoms with Crippen molar-refractivity contribution >= 4 is 16.8 Å². The fourth-order valence-electron chi connectivity index (χ4n) is 1.27. The van der Waals surface area contributed by atoms with Gasteiger partial charge >= 0.3 is 5.97 Å². The van der Waals surface area contributed by atoms with Crippen LogP contribution >= 0.6 is 0 Å². The summed E-state index contributed by atoms with van der Waals surface area (Å²) in [6, 6.07) is 2.07. The van der Waals surface area contributed by atoms with Gasteiger partial charge in [0, 0.05) is 23.0 Å². The molecule has 0 heterocycles. The largest absolute Gasteiger partial charge is 0.480 e. The molecule has 1 atom stereocenters. The lowest BCUT2D eigenvalue weighted by molar-refractivity contribution is -0.139. The third-order valence-electron chi connectivity index (χ3n) is 2.93. The van der Waals surface area contributed by atoms with Gasteiger partial charge < -0.3 is 5.11 Å². The van der Waals surface area contributed by atoms with E-state index < -0.39 is 21.5 Å². The van der Waals surface area contributed by atoms with E-state index in [1.54, 1.807) is 0 Å². The molecule has 1 saturated carbocycles. The summed E-state index contributed by atoms with van der Waals surface area (Å²) in [6.45, 7) is 2.93. The van der Waals surface area contributed by atoms with Crippen molar-refractivity contribution in [3.05, 3.63) is 0 Å². The van der Waals surface area contributed by atoms with Crippen LogP contribution in [0, 0.1) is 16.7 Å². The van der Waals surface area contributed by atoms with Gasteiger partial charge in [-0.25, -0.2) is 0 Å². The number of carboxylic acid groups (broad SMARTS) is 1. The quantitative estimate of drug-likeness (QED) is 0.770. The van der Waals surface area contributed by atoms with Crippen LogP contribution in [-0.4, -0.2) is 25.8 Å². The number of nitriles is 1. The zero-order valence-electron chi connectivity index (χ0n) is 8.95. The maximum absolute atomic E-state index is 11.9. The molecule has 0 saturated heterocycles. The summed E-state index contributed by atoms with van der Waals surface area (Å²) in [5.74, 6) is -0.714. The molecule has 1 fully saturated rings. The third kappa shape index (κ3) is 2.57. The predicted octanol–water partition coefficient (Wildman–Crippen LogP) is 1.29. The van der Waals surface area contributed by atoms with Crippen molar-refractivity contribution in [1.82, 2.24) is 0 Å². The highest BCUT2D eigenvalue weighted by atomic mass is 32.2. The highest BCUT2D eigenvalue weighted by Crippen LogP contribution is 2.49. The van der Waals surface area contributed by atoms with Gasteiger partial charge in [-0.1, -0.05) is 0 Å². The lowest BCUT2D eigenvalue weighted by Crippen LogP contribution is -2.39. The van der Waals surface area contributed by atoms with Crippen molar-refractivity contribution in [2.24, 2.45) is 5.41 Å². The molecule has 1 aliphatic carbocycles. The highest BCUT2D eigenvalue weighted by molar-refractivity contribution is 7.87. The van der Waals surface area contributed by atoms with Crippen molar-refractivity contribution in [2.75, 3.05) is 5.75 Å². The first-order valence-electron chi connectivity index (χ1n) is 4.83. The topological polar surface area (TPSA) is 78.2 Å². The van der Waals surface area contributed by atoms with Crippen LogP contribution in [0.4, 0.5) is 0 Å². The fraction of sp³-hybridized carbons (Fsp3) is 0.800. The fourth-order valence-corrected chi connectivity index (χ4v) is 2.78. The maximum Gasteiger partial charge on any atom is 0.321 e. The molecule has 0 spiro atoms. The van der Waals surface area contributed by atoms with Crippen LogP contribution in [0.25, 0.3) is 0 Å². The minimum absolute atomic E-state index is 0.160. The van der Waals surface area contributed by atoms with Gasteiger partial charge in [-0.2, -0.15) is 5.26 Å². The van der Waals surface area contributed by atoms with Crippen molar-refractivity contribution in [2.45, 2.75) is 37.9 Å². The standard InChI is InChI=1S/C10H15NO3S/c1-9(2,8(12)13)15(14)7-10(3-4-10)5-6-11/h3-5,7H2,1-2H3,(H,12,13). The highest BCUT2D eigenvalue weighted by Gasteiger charge is 2.47. The van der Waals surface area contributed by atoms with E-state index in [0.29, 0.717) is 12.2 Å². The predicted molar refractivity (Wildman–Crippen MR) is 56.6 cm³/mol. The summed E-state index contributed by atoms with van der Waals surface area (Å²) in [5, 5.41) is 17.5. The van der Waals surface area contributed by atoms with Gasteiger partial charge in [0.25, 0.3) is 0 Å². The number of rotatable bonds is 5. The molecule has 84 valence electrons. The molecule has 1 N–H and O–H groups in total. The van der Waals surface area contributed by atoms with E-state index in [2.05, 4.69) is 6.07 Å². The van der Waals surface area contributed by atoms with Gasteiger partial charge in [0.15, 0.2) is 0 Å². The lowest BCUT2D eigenvalue weighted by Gasteiger charge is -2.21. The summed E-state index contributed by atoms with van der Waals surface area (Å²) in [6.07, 6.45) is 2.17. The summed E-state index contributed by atoms with van der Waals surface area (Å²) in [5.41, 5.74) is -0.160. The van der Waals surface area contributed by atoms with Crippen molar-refractivity contribution in [1.29, 1.82) is 5.26 Å². The first-order chi connectivity index (χ1) is 6.84. The van der Waals surface area contributed by atoms with Gasteiger partial charge in [-0.15, -0.1) is 0 Å². The Morgan fingerprint density at radius 3 is 2.47 bits per heavy atom. The molecule has 1 aliphatic rings. The summed E-state index contributed by atoms with van der Waals surface area (Å²) < 4.78 is 10.6. The second-order valence-corrected chi connectivity index (χ2v) is 6.64. The normalized spacial score (nSPS) is 20.3. The molecule has 1 rings (SSSR count). The van der Waals surface area contributed by atoms with Crippen LogP contribution in [0.1, 0.15) is 33.1 Å².